The molecule has 3 rings (SSSR count). The van der Waals surface area contributed by atoms with Gasteiger partial charge in [0, 0.05) is 11.9 Å². The summed E-state index contributed by atoms with van der Waals surface area (Å²) >= 11 is 0. The molecule has 2 N–H and O–H groups in total. The van der Waals surface area contributed by atoms with Gasteiger partial charge in [-0.25, -0.2) is 14.2 Å². The molecule has 1 heterocycles. The van der Waals surface area contributed by atoms with Gasteiger partial charge in [-0.05, 0) is 48.5 Å². The Hall–Kier alpha value is -3.74. The maximum atomic E-state index is 13.6. The number of halogens is 1. The summed E-state index contributed by atoms with van der Waals surface area (Å²) in [6.45, 7) is 0. The first-order valence-corrected chi connectivity index (χ1v) is 8.04. The fourth-order valence-corrected chi connectivity index (χ4v) is 2.31. The Kier molecular flexibility index (Phi) is 5.41. The first-order chi connectivity index (χ1) is 13.1. The van der Waals surface area contributed by atoms with Crippen molar-refractivity contribution in [2.75, 3.05) is 17.7 Å². The molecule has 0 fully saturated rings. The number of hydrogen-bond acceptors (Lipinski definition) is 5. The maximum Gasteiger partial charge on any atom is 0.337 e. The average Bonchev–Trinajstić information content (AvgIpc) is 2.70. The van der Waals surface area contributed by atoms with Crippen LogP contribution in [-0.2, 0) is 4.74 Å². The third-order valence-electron chi connectivity index (χ3n) is 3.73. The van der Waals surface area contributed by atoms with E-state index in [2.05, 4.69) is 20.4 Å². The summed E-state index contributed by atoms with van der Waals surface area (Å²) < 4.78 is 18.3. The van der Waals surface area contributed by atoms with Gasteiger partial charge in [-0.3, -0.25) is 4.79 Å². The first-order valence-electron chi connectivity index (χ1n) is 8.04. The molecule has 0 aliphatic rings. The van der Waals surface area contributed by atoms with E-state index in [0.29, 0.717) is 28.3 Å². The van der Waals surface area contributed by atoms with E-state index < -0.39 is 11.8 Å². The van der Waals surface area contributed by atoms with Crippen LogP contribution in [0.5, 0.6) is 0 Å². The molecule has 0 atom stereocenters. The van der Waals surface area contributed by atoms with Crippen LogP contribution in [-0.4, -0.2) is 24.0 Å². The molecule has 7 heteroatoms. The van der Waals surface area contributed by atoms with Gasteiger partial charge in [0.25, 0.3) is 5.91 Å². The van der Waals surface area contributed by atoms with E-state index in [4.69, 9.17) is 0 Å². The molecule has 0 saturated heterocycles. The number of hydrogen-bond donors (Lipinski definition) is 2. The van der Waals surface area contributed by atoms with Gasteiger partial charge in [0.1, 0.15) is 11.6 Å². The van der Waals surface area contributed by atoms with Gasteiger partial charge < -0.3 is 15.4 Å². The molecule has 0 saturated carbocycles. The molecule has 136 valence electrons. The minimum atomic E-state index is -0.449. The lowest BCUT2D eigenvalue weighted by Crippen LogP contribution is -2.12. The minimum absolute atomic E-state index is 0.299. The van der Waals surface area contributed by atoms with Crippen molar-refractivity contribution < 1.29 is 18.7 Å². The number of anilines is 3. The number of amides is 1. The van der Waals surface area contributed by atoms with Gasteiger partial charge in [-0.15, -0.1) is 0 Å². The average molecular weight is 365 g/mol. The molecule has 0 bridgehead atoms. The van der Waals surface area contributed by atoms with E-state index in [1.54, 1.807) is 54.6 Å². The molecule has 0 radical (unpaired) electrons. The summed E-state index contributed by atoms with van der Waals surface area (Å²) in [5, 5.41) is 5.56. The van der Waals surface area contributed by atoms with Gasteiger partial charge in [-0.1, -0.05) is 12.1 Å². The van der Waals surface area contributed by atoms with Gasteiger partial charge in [0.05, 0.1) is 23.9 Å². The Morgan fingerprint density at radius 3 is 2.30 bits per heavy atom. The highest BCUT2D eigenvalue weighted by molar-refractivity contribution is 6.04. The highest BCUT2D eigenvalue weighted by Gasteiger charge is 2.09. The second kappa shape index (κ2) is 8.09. The zero-order valence-electron chi connectivity index (χ0n) is 14.4. The first kappa shape index (κ1) is 18.1. The normalized spacial score (nSPS) is 10.1. The molecule has 0 spiro atoms. The number of esters is 1. The predicted molar refractivity (Wildman–Crippen MR) is 99.7 cm³/mol. The van der Waals surface area contributed by atoms with E-state index >= 15 is 0 Å². The molecular formula is C20H16FN3O3. The second-order valence-electron chi connectivity index (χ2n) is 5.56. The smallest absolute Gasteiger partial charge is 0.337 e. The van der Waals surface area contributed by atoms with Crippen molar-refractivity contribution in [1.82, 2.24) is 4.98 Å². The monoisotopic (exact) mass is 365 g/mol. The van der Waals surface area contributed by atoms with E-state index in [-0.39, 0.29) is 5.91 Å². The lowest BCUT2D eigenvalue weighted by molar-refractivity contribution is 0.0600. The largest absolute Gasteiger partial charge is 0.465 e. The number of aromatic nitrogens is 1. The number of pyridine rings is 1. The number of ether oxygens (including phenoxy) is 1. The molecule has 27 heavy (non-hydrogen) atoms. The number of nitrogens with one attached hydrogen (secondary N) is 2. The zero-order valence-corrected chi connectivity index (χ0v) is 14.4. The van der Waals surface area contributed by atoms with Gasteiger partial charge in [-0.2, -0.15) is 0 Å². The number of nitrogens with zero attached hydrogens (tertiary/aromatic N) is 1. The Morgan fingerprint density at radius 1 is 0.963 bits per heavy atom. The second-order valence-corrected chi connectivity index (χ2v) is 5.56. The van der Waals surface area contributed by atoms with Crippen LogP contribution in [0.1, 0.15) is 20.7 Å². The summed E-state index contributed by atoms with van der Waals surface area (Å²) in [7, 11) is 1.30. The van der Waals surface area contributed by atoms with Crippen molar-refractivity contribution in [1.29, 1.82) is 0 Å². The SMILES string of the molecule is COC(=O)c1ccc(NC(=O)c2ccc(Nc3ccccc3F)nc2)cc1. The number of carbonyl (C=O) groups excluding carboxylic acids is 2. The van der Waals surface area contributed by atoms with E-state index in [0.717, 1.165) is 0 Å². The van der Waals surface area contributed by atoms with Crippen LogP contribution >= 0.6 is 0 Å². The van der Waals surface area contributed by atoms with Crippen LogP contribution in [0.3, 0.4) is 0 Å². The van der Waals surface area contributed by atoms with Gasteiger partial charge in [0.2, 0.25) is 0 Å². The lowest BCUT2D eigenvalue weighted by Gasteiger charge is -2.08. The molecular weight excluding hydrogens is 349 g/mol. The Balaban J connectivity index is 1.65. The van der Waals surface area contributed by atoms with Gasteiger partial charge >= 0.3 is 5.97 Å². The Bertz CT molecular complexity index is 957. The molecule has 0 unspecified atom stereocenters. The molecule has 1 aromatic heterocycles. The van der Waals surface area contributed by atoms with Crippen LogP contribution in [0, 0.1) is 5.82 Å². The Morgan fingerprint density at radius 2 is 1.67 bits per heavy atom. The fourth-order valence-electron chi connectivity index (χ4n) is 2.31. The number of rotatable bonds is 5. The summed E-state index contributed by atoms with van der Waals surface area (Å²) in [6.07, 6.45) is 1.39. The molecule has 0 aliphatic carbocycles. The quantitative estimate of drug-likeness (QED) is 0.668. The van der Waals surface area contributed by atoms with Crippen molar-refractivity contribution >= 4 is 29.1 Å². The molecule has 0 aliphatic heterocycles. The van der Waals surface area contributed by atoms with E-state index in [1.165, 1.54) is 19.4 Å². The van der Waals surface area contributed by atoms with Crippen molar-refractivity contribution in [3.05, 3.63) is 83.8 Å². The van der Waals surface area contributed by atoms with Crippen molar-refractivity contribution in [2.24, 2.45) is 0 Å². The number of benzene rings is 2. The third-order valence-corrected chi connectivity index (χ3v) is 3.73. The summed E-state index contributed by atoms with van der Waals surface area (Å²) in [5.74, 6) is -0.781. The minimum Gasteiger partial charge on any atom is -0.465 e. The van der Waals surface area contributed by atoms with Gasteiger partial charge in [0.15, 0.2) is 0 Å². The highest BCUT2D eigenvalue weighted by atomic mass is 19.1. The van der Waals surface area contributed by atoms with Crippen molar-refractivity contribution in [3.8, 4) is 0 Å². The number of para-hydroxylation sites is 1. The number of carbonyl (C=O) groups is 2. The van der Waals surface area contributed by atoms with Crippen molar-refractivity contribution in [3.63, 3.8) is 0 Å². The zero-order chi connectivity index (χ0) is 19.2. The summed E-state index contributed by atoms with van der Waals surface area (Å²) in [4.78, 5) is 27.8. The van der Waals surface area contributed by atoms with E-state index in [1.807, 2.05) is 0 Å². The maximum absolute atomic E-state index is 13.6. The van der Waals surface area contributed by atoms with Crippen LogP contribution in [0.4, 0.5) is 21.6 Å². The molecule has 3 aromatic rings. The molecule has 2 aromatic carbocycles. The highest BCUT2D eigenvalue weighted by Crippen LogP contribution is 2.18. The molecule has 6 nitrogen and oxygen atoms in total. The fraction of sp³-hybridized carbons (Fsp3) is 0.0500. The van der Waals surface area contributed by atoms with Crippen LogP contribution in [0.15, 0.2) is 66.9 Å². The predicted octanol–water partition coefficient (Wildman–Crippen LogP) is 4.00. The van der Waals surface area contributed by atoms with Crippen molar-refractivity contribution in [2.45, 2.75) is 0 Å². The topological polar surface area (TPSA) is 80.3 Å². The van der Waals surface area contributed by atoms with Crippen LogP contribution in [0.2, 0.25) is 0 Å². The van der Waals surface area contributed by atoms with Crippen LogP contribution in [0.25, 0.3) is 0 Å². The summed E-state index contributed by atoms with van der Waals surface area (Å²) in [5.41, 5.74) is 1.56. The Labute approximate surface area is 155 Å². The van der Waals surface area contributed by atoms with E-state index in [9.17, 15) is 14.0 Å². The molecule has 1 amide bonds. The third kappa shape index (κ3) is 4.46. The lowest BCUT2D eigenvalue weighted by atomic mass is 10.2. The van der Waals surface area contributed by atoms with Crippen LogP contribution < -0.4 is 10.6 Å². The standard InChI is InChI=1S/C20H16FN3O3/c1-27-20(26)13-6-9-15(10-7-13)23-19(25)14-8-11-18(22-12-14)24-17-5-3-2-4-16(17)21/h2-12H,1H3,(H,22,24)(H,23,25). The number of methoxy groups -OCH3 is 1. The summed E-state index contributed by atoms with van der Waals surface area (Å²) in [6, 6.07) is 15.7.